The fraction of sp³-hybridized carbons (Fsp3) is 0.481. The largest absolute Gasteiger partial charge is 0.355 e. The SMILES string of the molecule is O=C(C1CCN(C(=O)C2Cc3ccccc3N2Cc2ccc(F)cc2)CC1)N1CCCCC1. The van der Waals surface area contributed by atoms with Crippen molar-refractivity contribution in [3.8, 4) is 0 Å². The Labute approximate surface area is 195 Å². The van der Waals surface area contributed by atoms with E-state index in [1.807, 2.05) is 21.9 Å². The first kappa shape index (κ1) is 21.9. The minimum absolute atomic E-state index is 0.0447. The highest BCUT2D eigenvalue weighted by molar-refractivity contribution is 5.88. The second-order valence-corrected chi connectivity index (χ2v) is 9.59. The summed E-state index contributed by atoms with van der Waals surface area (Å²) in [4.78, 5) is 32.7. The first-order valence-electron chi connectivity index (χ1n) is 12.3. The van der Waals surface area contributed by atoms with Gasteiger partial charge in [-0.15, -0.1) is 0 Å². The van der Waals surface area contributed by atoms with E-state index in [1.165, 1.54) is 24.1 Å². The first-order valence-corrected chi connectivity index (χ1v) is 12.3. The fourth-order valence-electron chi connectivity index (χ4n) is 5.58. The zero-order valence-electron chi connectivity index (χ0n) is 19.1. The number of halogens is 1. The van der Waals surface area contributed by atoms with E-state index in [4.69, 9.17) is 0 Å². The van der Waals surface area contributed by atoms with Crippen LogP contribution in [0.5, 0.6) is 0 Å². The topological polar surface area (TPSA) is 43.9 Å². The summed E-state index contributed by atoms with van der Waals surface area (Å²) >= 11 is 0. The lowest BCUT2D eigenvalue weighted by Crippen LogP contribution is -2.51. The Morgan fingerprint density at radius 1 is 0.818 bits per heavy atom. The molecular weight excluding hydrogens is 417 g/mol. The predicted octanol–water partition coefficient (Wildman–Crippen LogP) is 4.01. The molecule has 0 spiro atoms. The van der Waals surface area contributed by atoms with Crippen molar-refractivity contribution in [1.82, 2.24) is 9.80 Å². The lowest BCUT2D eigenvalue weighted by molar-refractivity contribution is -0.141. The maximum atomic E-state index is 13.6. The molecule has 0 bridgehead atoms. The highest BCUT2D eigenvalue weighted by Crippen LogP contribution is 2.35. The van der Waals surface area contributed by atoms with Gasteiger partial charge in [0.05, 0.1) is 0 Å². The summed E-state index contributed by atoms with van der Waals surface area (Å²) in [5, 5.41) is 0. The summed E-state index contributed by atoms with van der Waals surface area (Å²) in [6.07, 6.45) is 5.61. The molecule has 1 unspecified atom stereocenters. The van der Waals surface area contributed by atoms with Crippen LogP contribution < -0.4 is 4.90 Å². The molecule has 33 heavy (non-hydrogen) atoms. The molecule has 0 N–H and O–H groups in total. The van der Waals surface area contributed by atoms with Crippen molar-refractivity contribution in [3.05, 3.63) is 65.5 Å². The Balaban J connectivity index is 1.26. The van der Waals surface area contributed by atoms with E-state index in [2.05, 4.69) is 17.0 Å². The van der Waals surface area contributed by atoms with Crippen LogP contribution in [0.2, 0.25) is 0 Å². The van der Waals surface area contributed by atoms with Crippen LogP contribution in [0, 0.1) is 11.7 Å². The van der Waals surface area contributed by atoms with Gasteiger partial charge in [0.25, 0.3) is 0 Å². The van der Waals surface area contributed by atoms with Crippen molar-refractivity contribution in [2.24, 2.45) is 5.92 Å². The molecule has 2 fully saturated rings. The van der Waals surface area contributed by atoms with Gasteiger partial charge in [-0.05, 0) is 61.4 Å². The second-order valence-electron chi connectivity index (χ2n) is 9.59. The van der Waals surface area contributed by atoms with Crippen molar-refractivity contribution in [1.29, 1.82) is 0 Å². The van der Waals surface area contributed by atoms with Gasteiger partial charge < -0.3 is 14.7 Å². The molecule has 3 aliphatic rings. The van der Waals surface area contributed by atoms with Crippen LogP contribution in [0.1, 0.15) is 43.2 Å². The number of fused-ring (bicyclic) bond motifs is 1. The van der Waals surface area contributed by atoms with Crippen molar-refractivity contribution >= 4 is 17.5 Å². The maximum Gasteiger partial charge on any atom is 0.245 e. The standard InChI is InChI=1S/C27H32FN3O2/c28-23-10-8-20(9-11-23)19-31-24-7-3-2-6-22(24)18-25(31)27(33)30-16-12-21(13-17-30)26(32)29-14-4-1-5-15-29/h2-3,6-11,21,25H,1,4-5,12-19H2. The molecular formula is C27H32FN3O2. The average molecular weight is 450 g/mol. The minimum Gasteiger partial charge on any atom is -0.355 e. The number of carbonyl (C=O) groups excluding carboxylic acids is 2. The first-order chi connectivity index (χ1) is 16.1. The van der Waals surface area contributed by atoms with Crippen LogP contribution in [0.25, 0.3) is 0 Å². The van der Waals surface area contributed by atoms with Gasteiger partial charge in [0.2, 0.25) is 11.8 Å². The molecule has 1 atom stereocenters. The summed E-state index contributed by atoms with van der Waals surface area (Å²) in [6, 6.07) is 14.4. The second kappa shape index (κ2) is 9.54. The Bertz CT molecular complexity index is 995. The fourth-order valence-corrected chi connectivity index (χ4v) is 5.58. The lowest BCUT2D eigenvalue weighted by Gasteiger charge is -2.38. The molecule has 3 heterocycles. The molecule has 5 nitrogen and oxygen atoms in total. The number of benzene rings is 2. The van der Waals surface area contributed by atoms with Crippen molar-refractivity contribution in [2.45, 2.75) is 51.1 Å². The van der Waals surface area contributed by atoms with Crippen LogP contribution in [-0.2, 0) is 22.6 Å². The Kier molecular flexibility index (Phi) is 6.34. The molecule has 5 rings (SSSR count). The molecule has 2 saturated heterocycles. The maximum absolute atomic E-state index is 13.6. The van der Waals surface area contributed by atoms with E-state index in [0.717, 1.165) is 50.0 Å². The number of nitrogens with zero attached hydrogens (tertiary/aromatic N) is 3. The third-order valence-electron chi connectivity index (χ3n) is 7.47. The van der Waals surface area contributed by atoms with Crippen LogP contribution >= 0.6 is 0 Å². The normalized spacial score (nSPS) is 21.2. The number of hydrogen-bond acceptors (Lipinski definition) is 3. The Morgan fingerprint density at radius 3 is 2.21 bits per heavy atom. The predicted molar refractivity (Wildman–Crippen MR) is 126 cm³/mol. The number of anilines is 1. The van der Waals surface area contributed by atoms with Crippen LogP contribution in [-0.4, -0.2) is 53.8 Å². The van der Waals surface area contributed by atoms with Gasteiger partial charge in [0.1, 0.15) is 11.9 Å². The molecule has 174 valence electrons. The number of carbonyl (C=O) groups is 2. The molecule has 2 aromatic rings. The number of hydrogen-bond donors (Lipinski definition) is 0. The zero-order valence-corrected chi connectivity index (χ0v) is 19.1. The van der Waals surface area contributed by atoms with Crippen molar-refractivity contribution in [2.75, 3.05) is 31.1 Å². The van der Waals surface area contributed by atoms with Crippen LogP contribution in [0.3, 0.4) is 0 Å². The van der Waals surface area contributed by atoms with Crippen LogP contribution in [0.15, 0.2) is 48.5 Å². The third-order valence-corrected chi connectivity index (χ3v) is 7.47. The molecule has 0 aliphatic carbocycles. The van der Waals surface area contributed by atoms with Gasteiger partial charge in [-0.2, -0.15) is 0 Å². The molecule has 0 saturated carbocycles. The number of amides is 2. The molecule has 2 amide bonds. The number of likely N-dealkylation sites (tertiary alicyclic amines) is 2. The highest BCUT2D eigenvalue weighted by Gasteiger charge is 2.38. The van der Waals surface area contributed by atoms with E-state index in [9.17, 15) is 14.0 Å². The molecule has 3 aliphatic heterocycles. The van der Waals surface area contributed by atoms with E-state index in [1.54, 1.807) is 12.1 Å². The zero-order chi connectivity index (χ0) is 22.8. The highest BCUT2D eigenvalue weighted by atomic mass is 19.1. The Morgan fingerprint density at radius 2 is 1.48 bits per heavy atom. The van der Waals surface area contributed by atoms with Crippen molar-refractivity contribution < 1.29 is 14.0 Å². The minimum atomic E-state index is -0.262. The smallest absolute Gasteiger partial charge is 0.245 e. The quantitative estimate of drug-likeness (QED) is 0.709. The molecule has 6 heteroatoms. The summed E-state index contributed by atoms with van der Waals surface area (Å²) in [5.41, 5.74) is 3.24. The van der Waals surface area contributed by atoms with Gasteiger partial charge in [-0.25, -0.2) is 4.39 Å². The summed E-state index contributed by atoms with van der Waals surface area (Å²) in [5.74, 6) is 0.212. The van der Waals surface area contributed by atoms with Crippen LogP contribution in [0.4, 0.5) is 10.1 Å². The number of piperidine rings is 2. The lowest BCUT2D eigenvalue weighted by atomic mass is 9.93. The van der Waals surface area contributed by atoms with E-state index in [0.29, 0.717) is 26.1 Å². The number of para-hydroxylation sites is 1. The Hall–Kier alpha value is -2.89. The van der Waals surface area contributed by atoms with E-state index in [-0.39, 0.29) is 29.6 Å². The van der Waals surface area contributed by atoms with E-state index < -0.39 is 0 Å². The van der Waals surface area contributed by atoms with E-state index >= 15 is 0 Å². The molecule has 0 radical (unpaired) electrons. The number of rotatable bonds is 4. The summed E-state index contributed by atoms with van der Waals surface area (Å²) in [6.45, 7) is 3.62. The summed E-state index contributed by atoms with van der Waals surface area (Å²) < 4.78 is 13.4. The van der Waals surface area contributed by atoms with Gasteiger partial charge in [-0.3, -0.25) is 9.59 Å². The monoisotopic (exact) mass is 449 g/mol. The van der Waals surface area contributed by atoms with Crippen molar-refractivity contribution in [3.63, 3.8) is 0 Å². The molecule has 2 aromatic carbocycles. The third kappa shape index (κ3) is 4.61. The van der Waals surface area contributed by atoms with Gasteiger partial charge >= 0.3 is 0 Å². The summed E-state index contributed by atoms with van der Waals surface area (Å²) in [7, 11) is 0. The van der Waals surface area contributed by atoms with Gasteiger partial charge in [0.15, 0.2) is 0 Å². The molecule has 0 aromatic heterocycles. The van der Waals surface area contributed by atoms with Gasteiger partial charge in [0, 0.05) is 50.7 Å². The van der Waals surface area contributed by atoms with Gasteiger partial charge in [-0.1, -0.05) is 30.3 Å². The average Bonchev–Trinajstić information content (AvgIpc) is 3.23.